The van der Waals surface area contributed by atoms with Gasteiger partial charge in [-0.15, -0.1) is 5.10 Å². The fraction of sp³-hybridized carbons (Fsp3) is 0.350. The van der Waals surface area contributed by atoms with Crippen LogP contribution in [-0.2, 0) is 26.7 Å². The minimum absolute atomic E-state index is 0.00971. The maximum absolute atomic E-state index is 13.0. The van der Waals surface area contributed by atoms with Gasteiger partial charge in [0, 0.05) is 17.8 Å². The molecule has 2 rings (SSSR count). The average Bonchev–Trinajstić information content (AvgIpc) is 3.28. The topological polar surface area (TPSA) is 152 Å². The molecule has 1 aromatic heterocycles. The van der Waals surface area contributed by atoms with E-state index in [9.17, 15) is 49.1 Å². The third kappa shape index (κ3) is 10.6. The molecule has 216 valence electrons. The van der Waals surface area contributed by atoms with E-state index in [2.05, 4.69) is 20.9 Å². The van der Waals surface area contributed by atoms with Gasteiger partial charge in [-0.1, -0.05) is 13.8 Å². The Morgan fingerprint density at radius 3 is 1.85 bits per heavy atom. The first-order valence-electron chi connectivity index (χ1n) is 10.2. The Bertz CT molecular complexity index is 1170. The Balaban J connectivity index is 0.000000956. The molecule has 0 spiro atoms. The van der Waals surface area contributed by atoms with Gasteiger partial charge in [0.2, 0.25) is 0 Å². The lowest BCUT2D eigenvalue weighted by Gasteiger charge is -2.14. The molecule has 0 aliphatic heterocycles. The molecule has 5 N–H and O–H groups in total. The molecule has 0 aliphatic rings. The number of carbonyl (C=O) groups is 3. The first-order valence-corrected chi connectivity index (χ1v) is 10.2. The van der Waals surface area contributed by atoms with Gasteiger partial charge in [-0.25, -0.2) is 14.5 Å². The van der Waals surface area contributed by atoms with Crippen molar-refractivity contribution in [3.05, 3.63) is 41.7 Å². The Kier molecular flexibility index (Phi) is 10.6. The van der Waals surface area contributed by atoms with Crippen LogP contribution in [0.1, 0.15) is 25.0 Å². The predicted octanol–water partition coefficient (Wildman–Crippen LogP) is 3.22. The predicted molar refractivity (Wildman–Crippen MR) is 114 cm³/mol. The molecule has 0 saturated carbocycles. The molecule has 0 fully saturated rings. The molecular weight excluding hydrogens is 559 g/mol. The van der Waals surface area contributed by atoms with Crippen molar-refractivity contribution in [1.82, 2.24) is 25.6 Å². The van der Waals surface area contributed by atoms with Crippen LogP contribution in [0.4, 0.5) is 39.5 Å². The number of amides is 2. The van der Waals surface area contributed by atoms with E-state index in [1.807, 2.05) is 0 Å². The number of hydrogen-bond acceptors (Lipinski definition) is 6. The van der Waals surface area contributed by atoms with Gasteiger partial charge in [-0.2, -0.15) is 39.5 Å². The summed E-state index contributed by atoms with van der Waals surface area (Å²) in [6.45, 7) is 3.41. The maximum Gasteiger partial charge on any atom is 0.490 e. The normalized spacial score (nSPS) is 13.1. The molecule has 0 bridgehead atoms. The monoisotopic (exact) mass is 578 g/mol. The third-order valence-corrected chi connectivity index (χ3v) is 4.31. The van der Waals surface area contributed by atoms with Crippen molar-refractivity contribution >= 4 is 24.0 Å². The molecule has 0 saturated heterocycles. The molecule has 10 nitrogen and oxygen atoms in total. The number of nitrogens with one attached hydrogen (secondary N) is 2. The van der Waals surface area contributed by atoms with Gasteiger partial charge in [0.05, 0.1) is 17.2 Å². The maximum atomic E-state index is 13.0. The van der Waals surface area contributed by atoms with Gasteiger partial charge in [0.25, 0.3) is 11.8 Å². The SMILES string of the molecule is CC(C)C(N)C(=O)NNC(=O)C=Cn1cnc(-c2cc(C(F)(F)F)cc(C(F)(F)F)c2)n1.O=C(O)C(F)(F)F. The lowest BCUT2D eigenvalue weighted by atomic mass is 10.0. The summed E-state index contributed by atoms with van der Waals surface area (Å²) in [5.41, 5.74) is 6.22. The van der Waals surface area contributed by atoms with E-state index in [4.69, 9.17) is 15.6 Å². The number of aromatic nitrogens is 3. The Morgan fingerprint density at radius 1 is 0.949 bits per heavy atom. The van der Waals surface area contributed by atoms with Crippen LogP contribution in [-0.4, -0.2) is 49.9 Å². The molecule has 0 aliphatic carbocycles. The van der Waals surface area contributed by atoms with E-state index in [0.29, 0.717) is 12.1 Å². The molecule has 1 unspecified atom stereocenters. The van der Waals surface area contributed by atoms with E-state index in [0.717, 1.165) is 23.3 Å². The van der Waals surface area contributed by atoms with E-state index in [1.165, 1.54) is 0 Å². The number of halogens is 9. The summed E-state index contributed by atoms with van der Waals surface area (Å²) in [6.07, 6.45) is -12.2. The number of rotatable bonds is 5. The Morgan fingerprint density at radius 2 is 1.44 bits per heavy atom. The second kappa shape index (κ2) is 12.6. The fourth-order valence-corrected chi connectivity index (χ4v) is 2.26. The molecule has 1 heterocycles. The summed E-state index contributed by atoms with van der Waals surface area (Å²) < 4.78 is 111. The number of carbonyl (C=O) groups excluding carboxylic acids is 2. The molecule has 2 amide bonds. The van der Waals surface area contributed by atoms with E-state index >= 15 is 0 Å². The van der Waals surface area contributed by atoms with Crippen LogP contribution >= 0.6 is 0 Å². The highest BCUT2D eigenvalue weighted by Crippen LogP contribution is 2.38. The summed E-state index contributed by atoms with van der Waals surface area (Å²) in [5.74, 6) is -4.79. The smallest absolute Gasteiger partial charge is 0.475 e. The zero-order chi connectivity index (χ0) is 30.3. The highest BCUT2D eigenvalue weighted by molar-refractivity contribution is 5.92. The quantitative estimate of drug-likeness (QED) is 0.242. The first kappa shape index (κ1) is 32.9. The van der Waals surface area contributed by atoms with Gasteiger partial charge in [0.15, 0.2) is 5.82 Å². The fourth-order valence-electron chi connectivity index (χ4n) is 2.26. The van der Waals surface area contributed by atoms with Crippen molar-refractivity contribution in [2.24, 2.45) is 11.7 Å². The standard InChI is InChI=1S/C18H18F6N6O2.C2HF3O2/c1-9(2)14(25)16(32)28-27-13(31)3-4-30-8-26-15(29-30)10-5-11(17(19,20)21)7-12(6-10)18(22,23)24;3-2(4,5)1(6)7/h3-9,14H,25H2,1-2H3,(H,27,31)(H,28,32);(H,6,7). The number of alkyl halides is 9. The van der Waals surface area contributed by atoms with Crippen LogP contribution in [0.25, 0.3) is 17.6 Å². The van der Waals surface area contributed by atoms with Crippen LogP contribution in [0.5, 0.6) is 0 Å². The number of benzene rings is 1. The number of carboxylic acids is 1. The van der Waals surface area contributed by atoms with Gasteiger partial charge in [-0.3, -0.25) is 20.4 Å². The zero-order valence-corrected chi connectivity index (χ0v) is 19.6. The number of aliphatic carboxylic acids is 1. The molecular formula is C20H19F9N6O4. The molecule has 19 heteroatoms. The molecule has 2 aromatic rings. The molecule has 39 heavy (non-hydrogen) atoms. The zero-order valence-electron chi connectivity index (χ0n) is 19.6. The largest absolute Gasteiger partial charge is 0.490 e. The van der Waals surface area contributed by atoms with Crippen LogP contribution in [0.15, 0.2) is 30.6 Å². The highest BCUT2D eigenvalue weighted by Gasteiger charge is 2.38. The number of carboxylic acid groups (broad SMARTS) is 1. The van der Waals surface area contributed by atoms with E-state index in [-0.39, 0.29) is 12.0 Å². The number of hydrogen-bond donors (Lipinski definition) is 4. The molecule has 0 radical (unpaired) electrons. The molecule has 1 aromatic carbocycles. The van der Waals surface area contributed by atoms with Crippen LogP contribution in [0.2, 0.25) is 0 Å². The second-order valence-electron chi connectivity index (χ2n) is 7.71. The van der Waals surface area contributed by atoms with Crippen molar-refractivity contribution in [3.8, 4) is 11.4 Å². The van der Waals surface area contributed by atoms with Gasteiger partial charge < -0.3 is 10.8 Å². The minimum atomic E-state index is -5.08. The summed E-state index contributed by atoms with van der Waals surface area (Å²) in [5, 5.41) is 10.9. The van der Waals surface area contributed by atoms with Crippen LogP contribution in [0, 0.1) is 5.92 Å². The number of nitrogens with two attached hydrogens (primary N) is 1. The average molecular weight is 578 g/mol. The lowest BCUT2D eigenvalue weighted by molar-refractivity contribution is -0.192. The van der Waals surface area contributed by atoms with E-state index < -0.39 is 64.9 Å². The van der Waals surface area contributed by atoms with Crippen LogP contribution < -0.4 is 16.6 Å². The van der Waals surface area contributed by atoms with Gasteiger partial charge in [0.1, 0.15) is 6.33 Å². The number of nitrogens with zero attached hydrogens (tertiary/aromatic N) is 3. The molecule has 1 atom stereocenters. The Labute approximate surface area is 212 Å². The highest BCUT2D eigenvalue weighted by atomic mass is 19.4. The van der Waals surface area contributed by atoms with Crippen molar-refractivity contribution in [2.45, 2.75) is 38.4 Å². The first-order chi connectivity index (χ1) is 17.6. The van der Waals surface area contributed by atoms with Crippen molar-refractivity contribution in [1.29, 1.82) is 0 Å². The summed E-state index contributed by atoms with van der Waals surface area (Å²) in [7, 11) is 0. The van der Waals surface area contributed by atoms with Gasteiger partial charge in [-0.05, 0) is 24.1 Å². The van der Waals surface area contributed by atoms with Crippen molar-refractivity contribution in [3.63, 3.8) is 0 Å². The van der Waals surface area contributed by atoms with Gasteiger partial charge >= 0.3 is 24.5 Å². The summed E-state index contributed by atoms with van der Waals surface area (Å²) >= 11 is 0. The minimum Gasteiger partial charge on any atom is -0.475 e. The number of hydrazine groups is 1. The lowest BCUT2D eigenvalue weighted by Crippen LogP contribution is -2.50. The summed E-state index contributed by atoms with van der Waals surface area (Å²) in [6, 6.07) is 0.105. The third-order valence-electron chi connectivity index (χ3n) is 4.31. The van der Waals surface area contributed by atoms with Crippen LogP contribution in [0.3, 0.4) is 0 Å². The van der Waals surface area contributed by atoms with Crippen molar-refractivity contribution < 1.29 is 59.0 Å². The second-order valence-corrected chi connectivity index (χ2v) is 7.71. The summed E-state index contributed by atoms with van der Waals surface area (Å²) in [4.78, 5) is 36.0. The Hall–Kier alpha value is -4.16. The van der Waals surface area contributed by atoms with E-state index in [1.54, 1.807) is 13.8 Å². The van der Waals surface area contributed by atoms with Crippen molar-refractivity contribution in [2.75, 3.05) is 0 Å².